The topological polar surface area (TPSA) is 42.0 Å². The molecule has 2 rings (SSSR count). The van der Waals surface area contributed by atoms with E-state index in [-0.39, 0.29) is 5.91 Å². The van der Waals surface area contributed by atoms with Crippen molar-refractivity contribution in [1.82, 2.24) is 4.98 Å². The third-order valence-electron chi connectivity index (χ3n) is 2.01. The van der Waals surface area contributed by atoms with E-state index in [1.165, 1.54) is 28.7 Å². The maximum Gasteiger partial charge on any atom is 0.221 e. The number of nitrogens with one attached hydrogen (secondary N) is 1. The van der Waals surface area contributed by atoms with Crippen molar-refractivity contribution in [1.29, 1.82) is 0 Å². The summed E-state index contributed by atoms with van der Waals surface area (Å²) < 4.78 is 0.935. The number of nitrogens with zero attached hydrogens (tertiary/aromatic N) is 1. The summed E-state index contributed by atoms with van der Waals surface area (Å²) >= 11 is 1.48. The number of benzene rings is 1. The molecule has 0 atom stereocenters. The van der Waals surface area contributed by atoms with Crippen LogP contribution < -0.4 is 5.32 Å². The number of carbonyl (C=O) groups is 1. The lowest BCUT2D eigenvalue weighted by atomic mass is 10.2. The van der Waals surface area contributed by atoms with Crippen molar-refractivity contribution in [3.05, 3.63) is 36.0 Å². The first kappa shape index (κ1) is 13.5. The van der Waals surface area contributed by atoms with E-state index in [4.69, 9.17) is 0 Å². The van der Waals surface area contributed by atoms with Gasteiger partial charge in [0.2, 0.25) is 5.91 Å². The van der Waals surface area contributed by atoms with E-state index in [2.05, 4.69) is 41.5 Å². The molecule has 0 spiro atoms. The first-order valence-electron chi connectivity index (χ1n) is 5.28. The molecule has 0 fully saturated rings. The van der Waals surface area contributed by atoms with Crippen LogP contribution in [0.1, 0.15) is 12.5 Å². The summed E-state index contributed by atoms with van der Waals surface area (Å²) in [7, 11) is 3.27. The molecule has 6 heteroatoms. The lowest BCUT2D eigenvalue weighted by molar-refractivity contribution is -0.114. The number of aromatic nitrogens is 1. The Hall–Kier alpha value is -0.980. The van der Waals surface area contributed by atoms with Gasteiger partial charge in [-0.1, -0.05) is 39.8 Å². The molecule has 0 aliphatic heterocycles. The molecule has 0 radical (unpaired) electrons. The number of hydrogen-bond donors (Lipinski definition) is 1. The third kappa shape index (κ3) is 4.04. The smallest absolute Gasteiger partial charge is 0.221 e. The van der Waals surface area contributed by atoms with Crippen molar-refractivity contribution in [3.63, 3.8) is 0 Å². The lowest BCUT2D eigenvalue weighted by Gasteiger charge is -1.98. The number of rotatable bonds is 4. The van der Waals surface area contributed by atoms with E-state index in [0.717, 1.165) is 9.34 Å². The van der Waals surface area contributed by atoms with E-state index in [0.29, 0.717) is 0 Å². The minimum atomic E-state index is -0.0682. The van der Waals surface area contributed by atoms with Crippen molar-refractivity contribution in [2.75, 3.05) is 5.32 Å². The number of amides is 1. The summed E-state index contributed by atoms with van der Waals surface area (Å²) in [5, 5.41) is 3.51. The zero-order valence-electron chi connectivity index (χ0n) is 9.97. The average molecular weight is 296 g/mol. The SMILES string of the molecule is CC(=O)Nc1cnc(SSc2ccc(C)cc2)s1. The second kappa shape index (κ2) is 6.26. The minimum absolute atomic E-state index is 0.0682. The molecule has 0 unspecified atom stereocenters. The van der Waals surface area contributed by atoms with Gasteiger partial charge in [0.05, 0.1) is 6.20 Å². The van der Waals surface area contributed by atoms with E-state index in [1.807, 2.05) is 0 Å². The van der Waals surface area contributed by atoms with E-state index in [1.54, 1.807) is 27.8 Å². The Morgan fingerprint density at radius 2 is 2.00 bits per heavy atom. The van der Waals surface area contributed by atoms with Gasteiger partial charge in [0.25, 0.3) is 0 Å². The number of aryl methyl sites for hydroxylation is 1. The maximum absolute atomic E-state index is 10.9. The molecule has 1 N–H and O–H groups in total. The lowest BCUT2D eigenvalue weighted by Crippen LogP contribution is -2.03. The molecule has 1 amide bonds. The van der Waals surface area contributed by atoms with Crippen LogP contribution in [-0.4, -0.2) is 10.9 Å². The molecular formula is C12H12N2OS3. The molecule has 1 aromatic carbocycles. The van der Waals surface area contributed by atoms with Gasteiger partial charge in [-0.15, -0.1) is 0 Å². The summed E-state index contributed by atoms with van der Waals surface area (Å²) in [5.74, 6) is -0.0682. The fraction of sp³-hybridized carbons (Fsp3) is 0.167. The van der Waals surface area contributed by atoms with Crippen LogP contribution in [0.15, 0.2) is 39.7 Å². The van der Waals surface area contributed by atoms with Crippen molar-refractivity contribution >= 4 is 43.8 Å². The fourth-order valence-electron chi connectivity index (χ4n) is 1.21. The quantitative estimate of drug-likeness (QED) is 0.858. The molecule has 1 heterocycles. The Kier molecular flexibility index (Phi) is 4.68. The van der Waals surface area contributed by atoms with Gasteiger partial charge in [-0.2, -0.15) is 0 Å². The standard InChI is InChI=1S/C12H12N2OS3/c1-8-3-5-10(6-4-8)17-18-12-13-7-11(16-12)14-9(2)15/h3-7H,1-2H3,(H,14,15). The van der Waals surface area contributed by atoms with Crippen LogP contribution in [0.25, 0.3) is 0 Å². The van der Waals surface area contributed by atoms with Crippen molar-refractivity contribution < 1.29 is 4.79 Å². The summed E-state index contributed by atoms with van der Waals surface area (Å²) in [6, 6.07) is 8.37. The number of hydrogen-bond acceptors (Lipinski definition) is 5. The monoisotopic (exact) mass is 296 g/mol. The first-order chi connectivity index (χ1) is 8.63. The minimum Gasteiger partial charge on any atom is -0.317 e. The van der Waals surface area contributed by atoms with Crippen molar-refractivity contribution in [2.24, 2.45) is 0 Å². The molecular weight excluding hydrogens is 284 g/mol. The molecule has 0 saturated heterocycles. The van der Waals surface area contributed by atoms with Crippen LogP contribution in [0, 0.1) is 6.92 Å². The highest BCUT2D eigenvalue weighted by atomic mass is 33.1. The Balaban J connectivity index is 1.92. The van der Waals surface area contributed by atoms with E-state index < -0.39 is 0 Å². The van der Waals surface area contributed by atoms with Crippen LogP contribution in [0.2, 0.25) is 0 Å². The fourth-order valence-corrected chi connectivity index (χ4v) is 4.29. The zero-order valence-corrected chi connectivity index (χ0v) is 12.4. The average Bonchev–Trinajstić information content (AvgIpc) is 2.75. The highest BCUT2D eigenvalue weighted by Crippen LogP contribution is 2.40. The Bertz CT molecular complexity index is 537. The van der Waals surface area contributed by atoms with Gasteiger partial charge in [0.15, 0.2) is 4.34 Å². The Labute approximate surface area is 118 Å². The second-order valence-electron chi connectivity index (χ2n) is 3.65. The summed E-state index contributed by atoms with van der Waals surface area (Å²) in [6.45, 7) is 3.57. The largest absolute Gasteiger partial charge is 0.317 e. The molecule has 0 aliphatic rings. The molecule has 1 aromatic heterocycles. The summed E-state index contributed by atoms with van der Waals surface area (Å²) in [6.07, 6.45) is 1.68. The van der Waals surface area contributed by atoms with Gasteiger partial charge in [0.1, 0.15) is 5.00 Å². The molecule has 2 aromatic rings. The van der Waals surface area contributed by atoms with Crippen LogP contribution in [0.4, 0.5) is 5.00 Å². The first-order valence-corrected chi connectivity index (χ1v) is 8.25. The second-order valence-corrected chi connectivity index (χ2v) is 7.13. The van der Waals surface area contributed by atoms with Crippen molar-refractivity contribution in [2.45, 2.75) is 23.1 Å². The van der Waals surface area contributed by atoms with E-state index >= 15 is 0 Å². The van der Waals surface area contributed by atoms with Crippen molar-refractivity contribution in [3.8, 4) is 0 Å². The van der Waals surface area contributed by atoms with Gasteiger partial charge in [-0.05, 0) is 29.9 Å². The van der Waals surface area contributed by atoms with Gasteiger partial charge in [-0.25, -0.2) is 4.98 Å². The zero-order chi connectivity index (χ0) is 13.0. The molecule has 18 heavy (non-hydrogen) atoms. The van der Waals surface area contributed by atoms with Crippen LogP contribution >= 0.6 is 32.9 Å². The third-order valence-corrected chi connectivity index (χ3v) is 5.63. The van der Waals surface area contributed by atoms with Gasteiger partial charge in [-0.3, -0.25) is 4.79 Å². The molecule has 3 nitrogen and oxygen atoms in total. The maximum atomic E-state index is 10.9. The molecule has 0 bridgehead atoms. The van der Waals surface area contributed by atoms with Crippen LogP contribution in [0.3, 0.4) is 0 Å². The predicted molar refractivity (Wildman–Crippen MR) is 79.3 cm³/mol. The number of carbonyl (C=O) groups excluding carboxylic acids is 1. The highest BCUT2D eigenvalue weighted by Gasteiger charge is 2.05. The molecule has 0 saturated carbocycles. The normalized spacial score (nSPS) is 10.3. The van der Waals surface area contributed by atoms with Gasteiger partial charge >= 0.3 is 0 Å². The highest BCUT2D eigenvalue weighted by molar-refractivity contribution is 8.77. The predicted octanol–water partition coefficient (Wildman–Crippen LogP) is 4.21. The van der Waals surface area contributed by atoms with Crippen LogP contribution in [-0.2, 0) is 4.79 Å². The summed E-state index contributed by atoms with van der Waals surface area (Å²) in [5.41, 5.74) is 1.26. The van der Waals surface area contributed by atoms with E-state index in [9.17, 15) is 4.79 Å². The Morgan fingerprint density at radius 1 is 1.28 bits per heavy atom. The molecule has 0 aliphatic carbocycles. The van der Waals surface area contributed by atoms with Gasteiger partial charge < -0.3 is 5.32 Å². The summed E-state index contributed by atoms with van der Waals surface area (Å²) in [4.78, 5) is 16.3. The molecule has 94 valence electrons. The Morgan fingerprint density at radius 3 is 2.67 bits per heavy atom. The number of anilines is 1. The van der Waals surface area contributed by atoms with Crippen LogP contribution in [0.5, 0.6) is 0 Å². The number of thiazole rings is 1. The van der Waals surface area contributed by atoms with Gasteiger partial charge in [0, 0.05) is 11.8 Å².